The summed E-state index contributed by atoms with van der Waals surface area (Å²) in [5, 5.41) is 0.485. The molecular formula is C19H19ClFNO4S. The van der Waals surface area contributed by atoms with Crippen LogP contribution in [0.2, 0.25) is 5.02 Å². The van der Waals surface area contributed by atoms with E-state index in [0.29, 0.717) is 22.8 Å². The number of amides is 1. The van der Waals surface area contributed by atoms with Gasteiger partial charge in [0.05, 0.1) is 11.5 Å². The summed E-state index contributed by atoms with van der Waals surface area (Å²) < 4.78 is 42.7. The number of halogens is 2. The summed E-state index contributed by atoms with van der Waals surface area (Å²) in [5.41, 5.74) is 0.593. The van der Waals surface area contributed by atoms with Gasteiger partial charge in [-0.15, -0.1) is 0 Å². The largest absolute Gasteiger partial charge is 0.484 e. The molecule has 1 amide bonds. The van der Waals surface area contributed by atoms with Crippen molar-refractivity contribution in [3.63, 3.8) is 0 Å². The van der Waals surface area contributed by atoms with E-state index in [9.17, 15) is 17.6 Å². The fourth-order valence-electron chi connectivity index (χ4n) is 3.06. The predicted molar refractivity (Wildman–Crippen MR) is 101 cm³/mol. The molecule has 0 spiro atoms. The van der Waals surface area contributed by atoms with Gasteiger partial charge in [-0.3, -0.25) is 4.79 Å². The summed E-state index contributed by atoms with van der Waals surface area (Å²) in [6.07, 6.45) is 0.362. The van der Waals surface area contributed by atoms with Crippen molar-refractivity contribution in [3.05, 3.63) is 64.9 Å². The first kappa shape index (κ1) is 19.6. The Kier molecular flexibility index (Phi) is 6.01. The lowest BCUT2D eigenvalue weighted by molar-refractivity contribution is -0.136. The molecule has 0 bridgehead atoms. The second kappa shape index (κ2) is 8.27. The van der Waals surface area contributed by atoms with Crippen LogP contribution < -0.4 is 4.74 Å². The van der Waals surface area contributed by atoms with Crippen molar-refractivity contribution in [3.8, 4) is 5.75 Å². The van der Waals surface area contributed by atoms with Crippen LogP contribution in [0, 0.1) is 5.82 Å². The van der Waals surface area contributed by atoms with Gasteiger partial charge in [0.2, 0.25) is 0 Å². The molecule has 1 fully saturated rings. The van der Waals surface area contributed by atoms with Crippen LogP contribution in [-0.4, -0.2) is 43.4 Å². The van der Waals surface area contributed by atoms with Gasteiger partial charge in [-0.05, 0) is 42.3 Å². The summed E-state index contributed by atoms with van der Waals surface area (Å²) in [6.45, 7) is -0.137. The topological polar surface area (TPSA) is 63.7 Å². The summed E-state index contributed by atoms with van der Waals surface area (Å²) >= 11 is 5.90. The lowest BCUT2D eigenvalue weighted by atomic mass is 10.1. The number of rotatable bonds is 6. The molecule has 1 heterocycles. The maximum absolute atomic E-state index is 13.5. The minimum absolute atomic E-state index is 0.0414. The Morgan fingerprint density at radius 2 is 2.00 bits per heavy atom. The van der Waals surface area contributed by atoms with Gasteiger partial charge in [-0.2, -0.15) is 0 Å². The quantitative estimate of drug-likeness (QED) is 0.732. The summed E-state index contributed by atoms with van der Waals surface area (Å²) in [4.78, 5) is 14.2. The SMILES string of the molecule is O=C(COc1cccc(Cl)c1)N(Cc1cccc(F)c1)C1CCS(=O)(=O)C1. The molecule has 1 unspecified atom stereocenters. The third-order valence-electron chi connectivity index (χ3n) is 4.37. The van der Waals surface area contributed by atoms with Crippen LogP contribution >= 0.6 is 11.6 Å². The van der Waals surface area contributed by atoms with Gasteiger partial charge in [-0.1, -0.05) is 29.8 Å². The molecule has 2 aromatic rings. The number of nitrogens with zero attached hydrogens (tertiary/aromatic N) is 1. The highest BCUT2D eigenvalue weighted by molar-refractivity contribution is 7.91. The Bertz CT molecular complexity index is 935. The van der Waals surface area contributed by atoms with Crippen molar-refractivity contribution >= 4 is 27.3 Å². The zero-order valence-electron chi connectivity index (χ0n) is 14.5. The molecule has 27 heavy (non-hydrogen) atoms. The van der Waals surface area contributed by atoms with Crippen molar-refractivity contribution in [2.45, 2.75) is 19.0 Å². The van der Waals surface area contributed by atoms with Crippen LogP contribution in [0.5, 0.6) is 5.75 Å². The van der Waals surface area contributed by atoms with E-state index in [1.54, 1.807) is 36.4 Å². The van der Waals surface area contributed by atoms with Crippen molar-refractivity contribution in [1.82, 2.24) is 4.90 Å². The van der Waals surface area contributed by atoms with Gasteiger partial charge in [0.15, 0.2) is 16.4 Å². The van der Waals surface area contributed by atoms with Gasteiger partial charge in [0, 0.05) is 17.6 Å². The molecule has 0 aromatic heterocycles. The van der Waals surface area contributed by atoms with Crippen LogP contribution in [0.15, 0.2) is 48.5 Å². The standard InChI is InChI=1S/C19H19ClFNO4S/c20-15-4-2-6-18(10-15)26-12-19(23)22(17-7-8-27(24,25)13-17)11-14-3-1-5-16(21)9-14/h1-6,9-10,17H,7-8,11-13H2. The van der Waals surface area contributed by atoms with Crippen LogP contribution in [-0.2, 0) is 21.2 Å². The predicted octanol–water partition coefficient (Wildman–Crippen LogP) is 3.07. The van der Waals surface area contributed by atoms with E-state index in [2.05, 4.69) is 0 Å². The molecule has 0 radical (unpaired) electrons. The molecular weight excluding hydrogens is 393 g/mol. The molecule has 144 valence electrons. The van der Waals surface area contributed by atoms with E-state index in [4.69, 9.17) is 16.3 Å². The minimum Gasteiger partial charge on any atom is -0.484 e. The molecule has 1 aliphatic heterocycles. The smallest absolute Gasteiger partial charge is 0.261 e. The van der Waals surface area contributed by atoms with Crippen LogP contribution in [0.1, 0.15) is 12.0 Å². The highest BCUT2D eigenvalue weighted by Crippen LogP contribution is 2.22. The number of ether oxygens (including phenoxy) is 1. The van der Waals surface area contributed by atoms with Crippen LogP contribution in [0.4, 0.5) is 4.39 Å². The Labute approximate surface area is 162 Å². The molecule has 1 atom stereocenters. The molecule has 0 N–H and O–H groups in total. The van der Waals surface area contributed by atoms with Crippen molar-refractivity contribution in [2.24, 2.45) is 0 Å². The van der Waals surface area contributed by atoms with Gasteiger partial charge < -0.3 is 9.64 Å². The highest BCUT2D eigenvalue weighted by Gasteiger charge is 2.34. The lowest BCUT2D eigenvalue weighted by Crippen LogP contribution is -2.43. The van der Waals surface area contributed by atoms with E-state index in [1.807, 2.05) is 0 Å². The van der Waals surface area contributed by atoms with Gasteiger partial charge in [0.1, 0.15) is 11.6 Å². The number of sulfone groups is 1. The normalized spacial score (nSPS) is 18.2. The number of carbonyl (C=O) groups is 1. The average Bonchev–Trinajstić information content (AvgIpc) is 2.97. The van der Waals surface area contributed by atoms with Crippen LogP contribution in [0.25, 0.3) is 0 Å². The lowest BCUT2D eigenvalue weighted by Gasteiger charge is -2.28. The number of hydrogen-bond acceptors (Lipinski definition) is 4. The second-order valence-corrected chi connectivity index (χ2v) is 9.12. The second-order valence-electron chi connectivity index (χ2n) is 6.45. The van der Waals surface area contributed by atoms with Gasteiger partial charge >= 0.3 is 0 Å². The van der Waals surface area contributed by atoms with E-state index in [-0.39, 0.29) is 30.6 Å². The fourth-order valence-corrected chi connectivity index (χ4v) is 4.97. The van der Waals surface area contributed by atoms with E-state index in [1.165, 1.54) is 17.0 Å². The first-order valence-corrected chi connectivity index (χ1v) is 10.6. The first-order valence-electron chi connectivity index (χ1n) is 8.45. The van der Waals surface area contributed by atoms with Crippen molar-refractivity contribution < 1.29 is 22.3 Å². The molecule has 2 aromatic carbocycles. The third-order valence-corrected chi connectivity index (χ3v) is 6.36. The molecule has 8 heteroatoms. The molecule has 3 rings (SSSR count). The number of hydrogen-bond donors (Lipinski definition) is 0. The van der Waals surface area contributed by atoms with E-state index >= 15 is 0 Å². The zero-order chi connectivity index (χ0) is 19.4. The fraction of sp³-hybridized carbons (Fsp3) is 0.316. The van der Waals surface area contributed by atoms with Gasteiger partial charge in [-0.25, -0.2) is 12.8 Å². The van der Waals surface area contributed by atoms with Gasteiger partial charge in [0.25, 0.3) is 5.91 Å². The van der Waals surface area contributed by atoms with E-state index in [0.717, 1.165) is 0 Å². The van der Waals surface area contributed by atoms with Crippen molar-refractivity contribution in [2.75, 3.05) is 18.1 Å². The Hall–Kier alpha value is -2.12. The summed E-state index contributed by atoms with van der Waals surface area (Å²) in [6, 6.07) is 12.1. The highest BCUT2D eigenvalue weighted by atomic mass is 35.5. The zero-order valence-corrected chi connectivity index (χ0v) is 16.0. The molecule has 0 saturated carbocycles. The monoisotopic (exact) mass is 411 g/mol. The average molecular weight is 412 g/mol. The number of carbonyl (C=O) groups excluding carboxylic acids is 1. The maximum Gasteiger partial charge on any atom is 0.261 e. The maximum atomic E-state index is 13.5. The number of benzene rings is 2. The Morgan fingerprint density at radius 3 is 2.67 bits per heavy atom. The van der Waals surface area contributed by atoms with E-state index < -0.39 is 21.7 Å². The van der Waals surface area contributed by atoms with Crippen molar-refractivity contribution in [1.29, 1.82) is 0 Å². The molecule has 0 aliphatic carbocycles. The third kappa shape index (κ3) is 5.43. The molecule has 1 saturated heterocycles. The summed E-state index contributed by atoms with van der Waals surface area (Å²) in [7, 11) is -3.17. The first-order chi connectivity index (χ1) is 12.8. The Morgan fingerprint density at radius 1 is 1.22 bits per heavy atom. The minimum atomic E-state index is -3.17. The molecule has 5 nitrogen and oxygen atoms in total. The van der Waals surface area contributed by atoms with Crippen LogP contribution in [0.3, 0.4) is 0 Å². The molecule has 1 aliphatic rings. The Balaban J connectivity index is 1.75. The summed E-state index contributed by atoms with van der Waals surface area (Å²) in [5.74, 6) is -0.374.